The largest absolute Gasteiger partial charge is 0.507 e. The average molecular weight is 295 g/mol. The molecule has 17 heavy (non-hydrogen) atoms. The zero-order chi connectivity index (χ0) is 12.6. The lowest BCUT2D eigenvalue weighted by atomic mass is 10.2. The van der Waals surface area contributed by atoms with Gasteiger partial charge < -0.3 is 5.11 Å². The van der Waals surface area contributed by atoms with Crippen LogP contribution in [-0.2, 0) is 4.79 Å². The zero-order valence-electron chi connectivity index (χ0n) is 9.44. The van der Waals surface area contributed by atoms with Crippen molar-refractivity contribution in [1.82, 2.24) is 4.90 Å². The van der Waals surface area contributed by atoms with Crippen LogP contribution in [0.25, 0.3) is 6.08 Å². The third-order valence-corrected chi connectivity index (χ3v) is 3.20. The van der Waals surface area contributed by atoms with Crippen molar-refractivity contribution in [2.75, 3.05) is 7.05 Å². The number of phenolic OH excluding ortho intramolecular Hbond substituents is 1. The summed E-state index contributed by atoms with van der Waals surface area (Å²) in [6.45, 7) is 1.78. The molecular formula is C12H11BrN2O2. The van der Waals surface area contributed by atoms with Crippen molar-refractivity contribution >= 4 is 33.7 Å². The molecule has 0 fully saturated rings. The third kappa shape index (κ3) is 2.24. The first-order chi connectivity index (χ1) is 7.99. The normalized spacial score (nSPS) is 17.8. The van der Waals surface area contributed by atoms with Crippen molar-refractivity contribution in [2.24, 2.45) is 4.99 Å². The van der Waals surface area contributed by atoms with Crippen LogP contribution in [0.2, 0.25) is 0 Å². The molecule has 1 aromatic carbocycles. The van der Waals surface area contributed by atoms with Gasteiger partial charge in [-0.15, -0.1) is 0 Å². The molecule has 1 amide bonds. The van der Waals surface area contributed by atoms with Gasteiger partial charge in [0, 0.05) is 7.05 Å². The maximum absolute atomic E-state index is 11.8. The molecule has 5 heteroatoms. The van der Waals surface area contributed by atoms with Gasteiger partial charge in [-0.1, -0.05) is 6.07 Å². The number of hydrogen-bond donors (Lipinski definition) is 1. The molecular weight excluding hydrogens is 284 g/mol. The third-order valence-electron chi connectivity index (χ3n) is 2.57. The Morgan fingerprint density at radius 3 is 2.71 bits per heavy atom. The number of amidine groups is 1. The molecule has 1 aliphatic heterocycles. The van der Waals surface area contributed by atoms with Gasteiger partial charge in [0.05, 0.1) is 4.47 Å². The lowest BCUT2D eigenvalue weighted by Crippen LogP contribution is -2.25. The molecule has 1 heterocycles. The molecule has 0 aromatic heterocycles. The Labute approximate surface area is 107 Å². The molecule has 4 nitrogen and oxygen atoms in total. The summed E-state index contributed by atoms with van der Waals surface area (Å²) in [7, 11) is 1.69. The van der Waals surface area contributed by atoms with Crippen molar-refractivity contribution in [3.05, 3.63) is 33.9 Å². The average Bonchev–Trinajstić information content (AvgIpc) is 2.52. The van der Waals surface area contributed by atoms with Gasteiger partial charge >= 0.3 is 0 Å². The van der Waals surface area contributed by atoms with Crippen LogP contribution in [0.1, 0.15) is 12.5 Å². The van der Waals surface area contributed by atoms with Gasteiger partial charge in [0.2, 0.25) is 0 Å². The number of aromatic hydroxyl groups is 1. The number of nitrogens with zero attached hydrogens (tertiary/aromatic N) is 2. The quantitative estimate of drug-likeness (QED) is 0.809. The summed E-state index contributed by atoms with van der Waals surface area (Å²) in [6.07, 6.45) is 1.69. The van der Waals surface area contributed by atoms with Crippen LogP contribution in [0.5, 0.6) is 5.75 Å². The highest BCUT2D eigenvalue weighted by molar-refractivity contribution is 9.10. The molecule has 0 unspecified atom stereocenters. The molecule has 0 bridgehead atoms. The highest BCUT2D eigenvalue weighted by Crippen LogP contribution is 2.26. The van der Waals surface area contributed by atoms with E-state index in [1.54, 1.807) is 38.2 Å². The topological polar surface area (TPSA) is 52.9 Å². The van der Waals surface area contributed by atoms with Crippen LogP contribution in [-0.4, -0.2) is 28.8 Å². The van der Waals surface area contributed by atoms with Crippen LogP contribution < -0.4 is 0 Å². The Hall–Kier alpha value is -1.62. The van der Waals surface area contributed by atoms with E-state index < -0.39 is 0 Å². The first-order valence-corrected chi connectivity index (χ1v) is 5.82. The fourth-order valence-electron chi connectivity index (χ4n) is 1.48. The van der Waals surface area contributed by atoms with Crippen molar-refractivity contribution in [2.45, 2.75) is 6.92 Å². The lowest BCUT2D eigenvalue weighted by Gasteiger charge is -2.06. The van der Waals surface area contributed by atoms with Gasteiger partial charge in [-0.3, -0.25) is 9.69 Å². The molecule has 88 valence electrons. The number of halogens is 1. The number of aliphatic imine (C=N–C) groups is 1. The van der Waals surface area contributed by atoms with Gasteiger partial charge in [0.25, 0.3) is 5.91 Å². The second kappa shape index (κ2) is 4.33. The summed E-state index contributed by atoms with van der Waals surface area (Å²) in [6, 6.07) is 5.03. The molecule has 1 N–H and O–H groups in total. The van der Waals surface area contributed by atoms with E-state index in [-0.39, 0.29) is 11.7 Å². The standard InChI is InChI=1S/C12H11BrN2O2/c1-7-14-10(12(17)15(7)2)6-8-3-4-11(16)9(13)5-8/h3-6,16H,1-2H3/b10-6-. The Morgan fingerprint density at radius 1 is 1.47 bits per heavy atom. The lowest BCUT2D eigenvalue weighted by molar-refractivity contribution is -0.121. The summed E-state index contributed by atoms with van der Waals surface area (Å²) in [5.74, 6) is 0.729. The van der Waals surface area contributed by atoms with Gasteiger partial charge in [0.15, 0.2) is 0 Å². The van der Waals surface area contributed by atoms with Gasteiger partial charge in [-0.05, 0) is 46.6 Å². The number of carbonyl (C=O) groups is 1. The SMILES string of the molecule is CC1=N/C(=C\c2ccc(O)c(Br)c2)C(=O)N1C. The van der Waals surface area contributed by atoms with Crippen LogP contribution in [0.3, 0.4) is 0 Å². The Bertz CT molecular complexity index is 549. The summed E-state index contributed by atoms with van der Waals surface area (Å²) in [5, 5.41) is 9.37. The maximum atomic E-state index is 11.8. The predicted octanol–water partition coefficient (Wildman–Crippen LogP) is 2.39. The minimum atomic E-state index is -0.119. The number of benzene rings is 1. The summed E-state index contributed by atoms with van der Waals surface area (Å²) in [5.41, 5.74) is 1.22. The fourth-order valence-corrected chi connectivity index (χ4v) is 1.88. The van der Waals surface area contributed by atoms with Gasteiger partial charge in [-0.2, -0.15) is 0 Å². The molecule has 1 aliphatic rings. The first-order valence-electron chi connectivity index (χ1n) is 5.02. The summed E-state index contributed by atoms with van der Waals surface area (Å²) in [4.78, 5) is 17.4. The van der Waals surface area contributed by atoms with Crippen molar-refractivity contribution in [3.8, 4) is 5.75 Å². The second-order valence-electron chi connectivity index (χ2n) is 3.76. The minimum absolute atomic E-state index is 0.119. The monoisotopic (exact) mass is 294 g/mol. The van der Waals surface area contributed by atoms with Gasteiger partial charge in [0.1, 0.15) is 17.3 Å². The van der Waals surface area contributed by atoms with Crippen LogP contribution >= 0.6 is 15.9 Å². The predicted molar refractivity (Wildman–Crippen MR) is 69.7 cm³/mol. The molecule has 2 rings (SSSR count). The van der Waals surface area contributed by atoms with E-state index >= 15 is 0 Å². The zero-order valence-corrected chi connectivity index (χ0v) is 11.0. The van der Waals surface area contributed by atoms with Crippen LogP contribution in [0.15, 0.2) is 33.4 Å². The van der Waals surface area contributed by atoms with E-state index in [1.165, 1.54) is 4.90 Å². The van der Waals surface area contributed by atoms with E-state index in [1.807, 2.05) is 0 Å². The van der Waals surface area contributed by atoms with Crippen molar-refractivity contribution < 1.29 is 9.90 Å². The Morgan fingerprint density at radius 2 is 2.18 bits per heavy atom. The number of phenols is 1. The number of hydrogen-bond acceptors (Lipinski definition) is 3. The van der Waals surface area contributed by atoms with Crippen LogP contribution in [0, 0.1) is 0 Å². The second-order valence-corrected chi connectivity index (χ2v) is 4.62. The number of rotatable bonds is 1. The van der Waals surface area contributed by atoms with E-state index in [2.05, 4.69) is 20.9 Å². The highest BCUT2D eigenvalue weighted by atomic mass is 79.9. The van der Waals surface area contributed by atoms with E-state index in [0.717, 1.165) is 5.56 Å². The molecule has 0 atom stereocenters. The van der Waals surface area contributed by atoms with Crippen molar-refractivity contribution in [1.29, 1.82) is 0 Å². The molecule has 0 saturated heterocycles. The van der Waals surface area contributed by atoms with E-state index in [9.17, 15) is 9.90 Å². The van der Waals surface area contributed by atoms with Gasteiger partial charge in [-0.25, -0.2) is 4.99 Å². The van der Waals surface area contributed by atoms with E-state index in [0.29, 0.717) is 16.0 Å². The first kappa shape index (κ1) is 11.9. The highest BCUT2D eigenvalue weighted by Gasteiger charge is 2.23. The molecule has 0 spiro atoms. The number of likely N-dealkylation sites (N-methyl/N-ethyl adjacent to an activating group) is 1. The maximum Gasteiger partial charge on any atom is 0.277 e. The fraction of sp³-hybridized carbons (Fsp3) is 0.167. The smallest absolute Gasteiger partial charge is 0.277 e. The van der Waals surface area contributed by atoms with Crippen molar-refractivity contribution in [3.63, 3.8) is 0 Å². The summed E-state index contributed by atoms with van der Waals surface area (Å²) >= 11 is 3.22. The minimum Gasteiger partial charge on any atom is -0.507 e. The molecule has 0 radical (unpaired) electrons. The number of carbonyl (C=O) groups excluding carboxylic acids is 1. The van der Waals surface area contributed by atoms with Crippen LogP contribution in [0.4, 0.5) is 0 Å². The Kier molecular flexibility index (Phi) is 3.02. The number of amides is 1. The molecule has 0 saturated carbocycles. The summed E-state index contributed by atoms with van der Waals surface area (Å²) < 4.78 is 0.589. The molecule has 0 aliphatic carbocycles. The molecule has 1 aromatic rings. The Balaban J connectivity index is 2.37. The van der Waals surface area contributed by atoms with E-state index in [4.69, 9.17) is 0 Å².